The molecule has 0 radical (unpaired) electrons. The van der Waals surface area contributed by atoms with Gasteiger partial charge in [0.15, 0.2) is 0 Å². The first-order valence-electron chi connectivity index (χ1n) is 12.5. The maximum absolute atomic E-state index is 12.9. The van der Waals surface area contributed by atoms with Crippen molar-refractivity contribution in [3.05, 3.63) is 39.8 Å². The van der Waals surface area contributed by atoms with Gasteiger partial charge in [0.1, 0.15) is 11.4 Å². The van der Waals surface area contributed by atoms with Crippen LogP contribution in [0.2, 0.25) is 0 Å². The smallest absolute Gasteiger partial charge is 0.253 e. The van der Waals surface area contributed by atoms with Crippen LogP contribution in [0.3, 0.4) is 0 Å². The van der Waals surface area contributed by atoms with E-state index in [-0.39, 0.29) is 11.8 Å². The van der Waals surface area contributed by atoms with Crippen LogP contribution in [0.25, 0.3) is 6.08 Å². The average Bonchev–Trinajstić information content (AvgIpc) is 3.12. The number of rotatable bonds is 5. The third-order valence-electron chi connectivity index (χ3n) is 7.64. The second kappa shape index (κ2) is 10.2. The van der Waals surface area contributed by atoms with Gasteiger partial charge in [0.25, 0.3) is 11.8 Å². The second-order valence-corrected chi connectivity index (χ2v) is 11.5. The number of aliphatic imine (C=N–C) groups is 1. The molecule has 184 valence electrons. The minimum absolute atomic E-state index is 0.0261. The Morgan fingerprint density at radius 2 is 1.76 bits per heavy atom. The summed E-state index contributed by atoms with van der Waals surface area (Å²) in [5.74, 6) is 2.32. The highest BCUT2D eigenvalue weighted by molar-refractivity contribution is 8.00. The molecule has 7 heteroatoms. The molecule has 3 aliphatic rings. The quantitative estimate of drug-likeness (QED) is 0.612. The van der Waals surface area contributed by atoms with Gasteiger partial charge >= 0.3 is 0 Å². The molecule has 4 rings (SSSR count). The number of benzene rings is 1. The highest BCUT2D eigenvalue weighted by Gasteiger charge is 2.47. The van der Waals surface area contributed by atoms with Crippen molar-refractivity contribution in [3.8, 4) is 0 Å². The normalized spacial score (nSPS) is 25.0. The lowest BCUT2D eigenvalue weighted by Crippen LogP contribution is -2.47. The van der Waals surface area contributed by atoms with Gasteiger partial charge in [-0.15, -0.1) is 0 Å². The fraction of sp³-hybridized carbons (Fsp3) is 0.593. The first kappa shape index (κ1) is 25.0. The third-order valence-corrected chi connectivity index (χ3v) is 8.56. The van der Waals surface area contributed by atoms with E-state index in [2.05, 4.69) is 41.9 Å². The van der Waals surface area contributed by atoms with Crippen molar-refractivity contribution in [2.24, 2.45) is 16.8 Å². The van der Waals surface area contributed by atoms with E-state index in [1.165, 1.54) is 12.8 Å². The number of nitrogens with one attached hydrogen (secondary N) is 1. The first-order valence-corrected chi connectivity index (χ1v) is 13.3. The molecule has 1 spiro atoms. The summed E-state index contributed by atoms with van der Waals surface area (Å²) in [4.78, 5) is 31.8. The van der Waals surface area contributed by atoms with Crippen LogP contribution in [-0.2, 0) is 4.79 Å². The monoisotopic (exact) mass is 482 g/mol. The molecule has 1 aromatic carbocycles. The van der Waals surface area contributed by atoms with Crippen LogP contribution >= 0.6 is 11.9 Å². The van der Waals surface area contributed by atoms with Gasteiger partial charge in [-0.3, -0.25) is 14.6 Å². The molecule has 34 heavy (non-hydrogen) atoms. The Hall–Kier alpha value is -2.12. The van der Waals surface area contributed by atoms with E-state index in [0.717, 1.165) is 72.8 Å². The third kappa shape index (κ3) is 5.25. The highest BCUT2D eigenvalue weighted by atomic mass is 32.2. The first-order chi connectivity index (χ1) is 16.2. The van der Waals surface area contributed by atoms with Crippen LogP contribution in [0.5, 0.6) is 0 Å². The number of carbonyl (C=O) groups is 2. The Morgan fingerprint density at radius 3 is 2.35 bits per heavy atom. The molecular formula is C27H38N4O2S. The van der Waals surface area contributed by atoms with Crippen LogP contribution in [0.1, 0.15) is 72.5 Å². The summed E-state index contributed by atoms with van der Waals surface area (Å²) in [6.45, 7) is 8.11. The van der Waals surface area contributed by atoms with E-state index >= 15 is 0 Å². The van der Waals surface area contributed by atoms with Gasteiger partial charge in [-0.25, -0.2) is 4.31 Å². The summed E-state index contributed by atoms with van der Waals surface area (Å²) in [6, 6.07) is 3.93. The summed E-state index contributed by atoms with van der Waals surface area (Å²) in [5, 5.41) is 5.27. The second-order valence-electron chi connectivity index (χ2n) is 10.5. The molecule has 6 nitrogen and oxygen atoms in total. The number of carbonyl (C=O) groups excluding carboxylic acids is 2. The molecule has 1 saturated heterocycles. The molecule has 2 heterocycles. The van der Waals surface area contributed by atoms with Gasteiger partial charge in [-0.05, 0) is 85.8 Å². The topological polar surface area (TPSA) is 65.0 Å². The van der Waals surface area contributed by atoms with Crippen molar-refractivity contribution in [3.63, 3.8) is 0 Å². The van der Waals surface area contributed by atoms with Crippen LogP contribution in [0, 0.1) is 25.7 Å². The van der Waals surface area contributed by atoms with Gasteiger partial charge in [0.2, 0.25) is 0 Å². The van der Waals surface area contributed by atoms with E-state index in [4.69, 9.17) is 4.99 Å². The number of aryl methyl sites for hydroxylation is 2. The lowest BCUT2D eigenvalue weighted by atomic mass is 9.82. The van der Waals surface area contributed by atoms with Crippen molar-refractivity contribution < 1.29 is 9.59 Å². The molecule has 0 unspecified atom stereocenters. The lowest BCUT2D eigenvalue weighted by Gasteiger charge is -2.34. The number of piperidine rings is 1. The van der Waals surface area contributed by atoms with Gasteiger partial charge in [-0.2, -0.15) is 0 Å². The van der Waals surface area contributed by atoms with Crippen LogP contribution in [0.15, 0.2) is 22.5 Å². The molecule has 1 N–H and O–H groups in total. The number of amides is 2. The van der Waals surface area contributed by atoms with E-state index < -0.39 is 5.54 Å². The Kier molecular flexibility index (Phi) is 7.53. The van der Waals surface area contributed by atoms with Gasteiger partial charge in [-0.1, -0.05) is 31.7 Å². The molecule has 2 aliphatic heterocycles. The molecule has 1 aromatic rings. The number of hydrogen-bond donors (Lipinski definition) is 1. The average molecular weight is 483 g/mol. The number of nitrogens with zero attached hydrogens (tertiary/aromatic N) is 3. The number of hydrogen-bond acceptors (Lipinski definition) is 5. The largest absolute Gasteiger partial charge is 0.345 e. The molecule has 1 aliphatic carbocycles. The molecule has 2 amide bonds. The van der Waals surface area contributed by atoms with Crippen molar-refractivity contribution in [1.29, 1.82) is 0 Å². The van der Waals surface area contributed by atoms with Crippen LogP contribution in [-0.4, -0.2) is 59.6 Å². The van der Waals surface area contributed by atoms with Crippen molar-refractivity contribution in [2.45, 2.75) is 64.8 Å². The Labute approximate surface area is 208 Å². The zero-order valence-electron chi connectivity index (χ0n) is 21.2. The van der Waals surface area contributed by atoms with E-state index in [0.29, 0.717) is 5.92 Å². The zero-order valence-corrected chi connectivity index (χ0v) is 22.0. The SMILES string of the molecule is Cc1cc(C(=O)N(C)C)cc(C)c1/C=C/SN1CCC2(CC1)N=C(C1CCC(C)CC1)NC2=O. The molecule has 0 atom stereocenters. The predicted molar refractivity (Wildman–Crippen MR) is 141 cm³/mol. The highest BCUT2D eigenvalue weighted by Crippen LogP contribution is 2.36. The minimum atomic E-state index is -0.554. The van der Waals surface area contributed by atoms with Crippen molar-refractivity contribution >= 4 is 35.7 Å². The summed E-state index contributed by atoms with van der Waals surface area (Å²) in [5.41, 5.74) is 3.52. The molecule has 2 fully saturated rings. The molecule has 1 saturated carbocycles. The zero-order chi connectivity index (χ0) is 24.5. The Morgan fingerprint density at radius 1 is 1.15 bits per heavy atom. The molecule has 0 bridgehead atoms. The fourth-order valence-corrected chi connectivity index (χ4v) is 6.14. The van der Waals surface area contributed by atoms with E-state index in [9.17, 15) is 9.59 Å². The summed E-state index contributed by atoms with van der Waals surface area (Å²) < 4.78 is 2.32. The van der Waals surface area contributed by atoms with Crippen LogP contribution < -0.4 is 5.32 Å². The fourth-order valence-electron chi connectivity index (χ4n) is 5.37. The van der Waals surface area contributed by atoms with Crippen molar-refractivity contribution in [2.75, 3.05) is 27.2 Å². The summed E-state index contributed by atoms with van der Waals surface area (Å²) in [6.07, 6.45) is 8.43. The molecular weight excluding hydrogens is 444 g/mol. The standard InChI is InChI=1S/C27H38N4O2S/c1-18-6-8-21(9-7-18)24-28-26(33)27(29-24)11-13-31(14-12-27)34-15-10-23-19(2)16-22(17-20(23)3)25(32)30(4)5/h10,15-18,21H,6-9,11-14H2,1-5H3,(H,28,29,33)/b15-10+. The van der Waals surface area contributed by atoms with Gasteiger partial charge in [0, 0.05) is 38.7 Å². The molecule has 0 aromatic heterocycles. The Balaban J connectivity index is 1.34. The van der Waals surface area contributed by atoms with E-state index in [1.54, 1.807) is 30.9 Å². The van der Waals surface area contributed by atoms with Crippen LogP contribution in [0.4, 0.5) is 0 Å². The maximum atomic E-state index is 12.9. The van der Waals surface area contributed by atoms with E-state index in [1.807, 2.05) is 12.1 Å². The number of amidine groups is 1. The van der Waals surface area contributed by atoms with Gasteiger partial charge in [0.05, 0.1) is 0 Å². The lowest BCUT2D eigenvalue weighted by molar-refractivity contribution is -0.124. The predicted octanol–water partition coefficient (Wildman–Crippen LogP) is 4.81. The van der Waals surface area contributed by atoms with Gasteiger partial charge < -0.3 is 10.2 Å². The Bertz CT molecular complexity index is 977. The maximum Gasteiger partial charge on any atom is 0.253 e. The summed E-state index contributed by atoms with van der Waals surface area (Å²) >= 11 is 1.69. The van der Waals surface area contributed by atoms with Crippen molar-refractivity contribution in [1.82, 2.24) is 14.5 Å². The minimum Gasteiger partial charge on any atom is -0.345 e. The summed E-state index contributed by atoms with van der Waals surface area (Å²) in [7, 11) is 3.55.